The Bertz CT molecular complexity index is 628. The summed E-state index contributed by atoms with van der Waals surface area (Å²) in [5.74, 6) is 0. The maximum Gasteiger partial charge on any atom is 0.319 e. The van der Waals surface area contributed by atoms with Crippen molar-refractivity contribution in [1.29, 1.82) is 0 Å². The lowest BCUT2D eigenvalue weighted by Crippen LogP contribution is -2.27. The van der Waals surface area contributed by atoms with Crippen molar-refractivity contribution in [2.75, 3.05) is 11.9 Å². The summed E-state index contributed by atoms with van der Waals surface area (Å²) in [5, 5.41) is 14.5. The Labute approximate surface area is 113 Å². The molecule has 1 aromatic heterocycles. The van der Waals surface area contributed by atoms with Crippen molar-refractivity contribution < 1.29 is 9.66 Å². The smallest absolute Gasteiger partial charge is 0.319 e. The van der Waals surface area contributed by atoms with Gasteiger partial charge >= 0.3 is 5.69 Å². The van der Waals surface area contributed by atoms with Crippen LogP contribution in [0.25, 0.3) is 10.2 Å². The van der Waals surface area contributed by atoms with Gasteiger partial charge in [0.05, 0.1) is 27.3 Å². The quantitative estimate of drug-likeness (QED) is 0.690. The number of nitro groups is 1. The highest BCUT2D eigenvalue weighted by molar-refractivity contribution is 7.16. The van der Waals surface area contributed by atoms with Gasteiger partial charge in [0.1, 0.15) is 5.69 Å². The monoisotopic (exact) mass is 279 g/mol. The molecule has 2 heterocycles. The maximum atomic E-state index is 11.3. The van der Waals surface area contributed by atoms with E-state index < -0.39 is 0 Å². The molecule has 1 aliphatic heterocycles. The molecule has 0 spiro atoms. The van der Waals surface area contributed by atoms with E-state index >= 15 is 0 Å². The average Bonchev–Trinajstić information content (AvgIpc) is 2.98. The zero-order valence-corrected chi connectivity index (χ0v) is 11.1. The van der Waals surface area contributed by atoms with E-state index in [1.165, 1.54) is 11.3 Å². The van der Waals surface area contributed by atoms with Crippen molar-refractivity contribution in [3.63, 3.8) is 0 Å². The summed E-state index contributed by atoms with van der Waals surface area (Å²) >= 11 is 1.40. The molecule has 3 rings (SSSR count). The number of nitro benzene ring substituents is 1. The van der Waals surface area contributed by atoms with Gasteiger partial charge in [-0.05, 0) is 25.5 Å². The molecular formula is C12H13N3O3S. The fourth-order valence-corrected chi connectivity index (χ4v) is 3.02. The van der Waals surface area contributed by atoms with Gasteiger partial charge in [-0.1, -0.05) is 0 Å². The predicted molar refractivity (Wildman–Crippen MR) is 73.7 cm³/mol. The molecule has 100 valence electrons. The molecule has 7 heteroatoms. The summed E-state index contributed by atoms with van der Waals surface area (Å²) in [7, 11) is 0. The molecule has 1 fully saturated rings. The SMILES string of the molecule is CC1OCCC1Nc1ccc2scnc2c1[N+](=O)[O-]. The van der Waals surface area contributed by atoms with E-state index in [0.717, 1.165) is 11.1 Å². The van der Waals surface area contributed by atoms with Gasteiger partial charge in [-0.25, -0.2) is 4.98 Å². The molecule has 0 amide bonds. The van der Waals surface area contributed by atoms with E-state index in [1.807, 2.05) is 13.0 Å². The van der Waals surface area contributed by atoms with E-state index in [2.05, 4.69) is 10.3 Å². The van der Waals surface area contributed by atoms with Gasteiger partial charge in [0.2, 0.25) is 0 Å². The van der Waals surface area contributed by atoms with E-state index in [0.29, 0.717) is 17.8 Å². The van der Waals surface area contributed by atoms with Crippen LogP contribution in [-0.2, 0) is 4.74 Å². The lowest BCUT2D eigenvalue weighted by Gasteiger charge is -2.17. The zero-order valence-electron chi connectivity index (χ0n) is 10.3. The van der Waals surface area contributed by atoms with E-state index in [4.69, 9.17) is 4.74 Å². The minimum atomic E-state index is -0.370. The highest BCUT2D eigenvalue weighted by Crippen LogP contribution is 2.35. The van der Waals surface area contributed by atoms with E-state index in [9.17, 15) is 10.1 Å². The van der Waals surface area contributed by atoms with Crippen LogP contribution in [0.15, 0.2) is 17.6 Å². The van der Waals surface area contributed by atoms with Crippen LogP contribution in [0.4, 0.5) is 11.4 Å². The Morgan fingerprint density at radius 2 is 2.42 bits per heavy atom. The summed E-state index contributed by atoms with van der Waals surface area (Å²) in [6, 6.07) is 3.72. The first kappa shape index (κ1) is 12.3. The standard InChI is InChI=1S/C12H13N3O3S/c1-7-8(4-5-18-7)14-9-2-3-10-11(13-6-19-10)12(9)15(16)17/h2-3,6-8,14H,4-5H2,1H3. The van der Waals surface area contributed by atoms with Crippen molar-refractivity contribution in [3.8, 4) is 0 Å². The van der Waals surface area contributed by atoms with Crippen molar-refractivity contribution in [3.05, 3.63) is 27.8 Å². The van der Waals surface area contributed by atoms with Crippen LogP contribution in [0, 0.1) is 10.1 Å². The molecule has 6 nitrogen and oxygen atoms in total. The summed E-state index contributed by atoms with van der Waals surface area (Å²) in [4.78, 5) is 15.0. The van der Waals surface area contributed by atoms with Crippen molar-refractivity contribution in [2.45, 2.75) is 25.5 Å². The number of anilines is 1. The van der Waals surface area contributed by atoms with Gasteiger partial charge in [-0.2, -0.15) is 0 Å². The fraction of sp³-hybridized carbons (Fsp3) is 0.417. The second kappa shape index (κ2) is 4.75. The summed E-state index contributed by atoms with van der Waals surface area (Å²) in [6.45, 7) is 2.66. The maximum absolute atomic E-state index is 11.3. The fourth-order valence-electron chi connectivity index (χ4n) is 2.34. The Kier molecular flexibility index (Phi) is 3.08. The first-order valence-electron chi connectivity index (χ1n) is 6.05. The minimum Gasteiger partial charge on any atom is -0.376 e. The van der Waals surface area contributed by atoms with Gasteiger partial charge in [0.25, 0.3) is 0 Å². The van der Waals surface area contributed by atoms with Gasteiger partial charge < -0.3 is 10.1 Å². The Morgan fingerprint density at radius 3 is 3.11 bits per heavy atom. The van der Waals surface area contributed by atoms with Crippen LogP contribution < -0.4 is 5.32 Å². The molecule has 1 saturated heterocycles. The summed E-state index contributed by atoms with van der Waals surface area (Å²) < 4.78 is 6.29. The molecule has 2 atom stereocenters. The minimum absolute atomic E-state index is 0.0536. The summed E-state index contributed by atoms with van der Waals surface area (Å²) in [6.07, 6.45) is 0.915. The van der Waals surface area contributed by atoms with Gasteiger partial charge in [0, 0.05) is 6.61 Å². The van der Waals surface area contributed by atoms with Crippen molar-refractivity contribution in [2.24, 2.45) is 0 Å². The van der Waals surface area contributed by atoms with Crippen molar-refractivity contribution >= 4 is 32.9 Å². The van der Waals surface area contributed by atoms with Crippen LogP contribution in [-0.4, -0.2) is 28.7 Å². The molecule has 0 bridgehead atoms. The van der Waals surface area contributed by atoms with Gasteiger partial charge in [-0.3, -0.25) is 10.1 Å². The first-order chi connectivity index (χ1) is 9.16. The highest BCUT2D eigenvalue weighted by Gasteiger charge is 2.28. The number of fused-ring (bicyclic) bond motifs is 1. The summed E-state index contributed by atoms with van der Waals surface area (Å²) in [5.41, 5.74) is 2.65. The predicted octanol–water partition coefficient (Wildman–Crippen LogP) is 2.79. The number of benzene rings is 1. The van der Waals surface area contributed by atoms with Crippen LogP contribution in [0.2, 0.25) is 0 Å². The first-order valence-corrected chi connectivity index (χ1v) is 6.93. The Balaban J connectivity index is 2.02. The number of nitrogens with one attached hydrogen (secondary N) is 1. The van der Waals surface area contributed by atoms with Gasteiger partial charge in [0.15, 0.2) is 5.52 Å². The molecule has 0 radical (unpaired) electrons. The third-order valence-electron chi connectivity index (χ3n) is 3.38. The largest absolute Gasteiger partial charge is 0.376 e. The molecule has 2 aromatic rings. The number of nitrogens with zero attached hydrogens (tertiary/aromatic N) is 2. The number of aromatic nitrogens is 1. The molecule has 1 aliphatic rings. The molecule has 0 aliphatic carbocycles. The lowest BCUT2D eigenvalue weighted by atomic mass is 10.1. The molecule has 2 unspecified atom stereocenters. The van der Waals surface area contributed by atoms with Crippen LogP contribution >= 0.6 is 11.3 Å². The molecule has 19 heavy (non-hydrogen) atoms. The second-order valence-electron chi connectivity index (χ2n) is 4.53. The Hall–Kier alpha value is -1.73. The number of hydrogen-bond acceptors (Lipinski definition) is 6. The normalized spacial score (nSPS) is 22.8. The molecular weight excluding hydrogens is 266 g/mol. The van der Waals surface area contributed by atoms with Crippen LogP contribution in [0.3, 0.4) is 0 Å². The number of ether oxygens (including phenoxy) is 1. The average molecular weight is 279 g/mol. The third kappa shape index (κ3) is 2.15. The van der Waals surface area contributed by atoms with E-state index in [1.54, 1.807) is 11.6 Å². The molecule has 1 N–H and O–H groups in total. The van der Waals surface area contributed by atoms with Gasteiger partial charge in [-0.15, -0.1) is 11.3 Å². The second-order valence-corrected chi connectivity index (χ2v) is 5.42. The lowest BCUT2D eigenvalue weighted by molar-refractivity contribution is -0.382. The number of thiazole rings is 1. The Morgan fingerprint density at radius 1 is 1.58 bits per heavy atom. The van der Waals surface area contributed by atoms with Crippen LogP contribution in [0.1, 0.15) is 13.3 Å². The topological polar surface area (TPSA) is 77.3 Å². The van der Waals surface area contributed by atoms with Crippen molar-refractivity contribution in [1.82, 2.24) is 4.98 Å². The highest BCUT2D eigenvalue weighted by atomic mass is 32.1. The molecule has 1 aromatic carbocycles. The third-order valence-corrected chi connectivity index (χ3v) is 4.17. The van der Waals surface area contributed by atoms with E-state index in [-0.39, 0.29) is 22.8 Å². The number of rotatable bonds is 3. The van der Waals surface area contributed by atoms with Crippen LogP contribution in [0.5, 0.6) is 0 Å². The number of hydrogen-bond donors (Lipinski definition) is 1. The zero-order chi connectivity index (χ0) is 13.4. The molecule has 0 saturated carbocycles.